The average molecular weight is 356 g/mol. The summed E-state index contributed by atoms with van der Waals surface area (Å²) in [6.07, 6.45) is 5.39. The summed E-state index contributed by atoms with van der Waals surface area (Å²) in [4.78, 5) is 25.1. The molecule has 0 N–H and O–H groups in total. The fraction of sp³-hybridized carbons (Fsp3) is 0.125. The number of rotatable bonds is 3. The second-order valence-electron chi connectivity index (χ2n) is 4.51. The van der Waals surface area contributed by atoms with Gasteiger partial charge in [-0.3, -0.25) is 0 Å². The Balaban J connectivity index is 2.78. The van der Waals surface area contributed by atoms with Crippen molar-refractivity contribution in [3.8, 4) is 0 Å². The van der Waals surface area contributed by atoms with Crippen molar-refractivity contribution in [2.75, 3.05) is 19.1 Å². The maximum Gasteiger partial charge on any atom is 0.355 e. The zero-order valence-corrected chi connectivity index (χ0v) is 13.4. The highest BCUT2D eigenvalue weighted by molar-refractivity contribution is 6.33. The van der Waals surface area contributed by atoms with Crippen LogP contribution in [0.3, 0.4) is 0 Å². The minimum absolute atomic E-state index is 0.161. The van der Waals surface area contributed by atoms with E-state index in [2.05, 4.69) is 9.47 Å². The van der Waals surface area contributed by atoms with Crippen LogP contribution in [0.4, 0.5) is 14.5 Å². The lowest BCUT2D eigenvalue weighted by Gasteiger charge is -2.24. The van der Waals surface area contributed by atoms with E-state index in [1.54, 1.807) is 0 Å². The molecule has 0 unspecified atom stereocenters. The number of halogens is 3. The molecular weight excluding hydrogens is 344 g/mol. The van der Waals surface area contributed by atoms with Crippen molar-refractivity contribution in [2.24, 2.45) is 0 Å². The van der Waals surface area contributed by atoms with E-state index >= 15 is 0 Å². The SMILES string of the molecule is COC(=O)C1=C(C(=O)OC)N(c2c(Cl)ccc(F)c2F)C=CC=C1. The average Bonchev–Trinajstić information content (AvgIpc) is 2.80. The number of hydrogen-bond donors (Lipinski definition) is 0. The number of nitrogens with zero attached hydrogens (tertiary/aromatic N) is 1. The van der Waals surface area contributed by atoms with Crippen LogP contribution in [0, 0.1) is 11.6 Å². The summed E-state index contributed by atoms with van der Waals surface area (Å²) in [7, 11) is 2.21. The predicted octanol–water partition coefficient (Wildman–Crippen LogP) is 3.11. The van der Waals surface area contributed by atoms with Crippen LogP contribution in [-0.4, -0.2) is 26.2 Å². The maximum absolute atomic E-state index is 14.3. The Hall–Kier alpha value is -2.67. The monoisotopic (exact) mass is 355 g/mol. The molecule has 1 heterocycles. The first kappa shape index (κ1) is 17.7. The van der Waals surface area contributed by atoms with Crippen LogP contribution in [-0.2, 0) is 19.1 Å². The van der Waals surface area contributed by atoms with Crippen molar-refractivity contribution in [3.63, 3.8) is 0 Å². The van der Waals surface area contributed by atoms with E-state index in [4.69, 9.17) is 11.6 Å². The summed E-state index contributed by atoms with van der Waals surface area (Å²) in [5, 5.41) is -0.161. The molecule has 0 aromatic heterocycles. The van der Waals surface area contributed by atoms with Gasteiger partial charge in [0.15, 0.2) is 11.6 Å². The molecule has 0 saturated carbocycles. The van der Waals surface area contributed by atoms with Gasteiger partial charge in [0.1, 0.15) is 11.4 Å². The third kappa shape index (κ3) is 3.16. The van der Waals surface area contributed by atoms with Crippen LogP contribution in [0.25, 0.3) is 0 Å². The second-order valence-corrected chi connectivity index (χ2v) is 4.92. The Morgan fingerprint density at radius 2 is 1.75 bits per heavy atom. The molecule has 0 atom stereocenters. The van der Waals surface area contributed by atoms with Gasteiger partial charge in [-0.05, 0) is 24.3 Å². The normalized spacial score (nSPS) is 13.8. The molecule has 2 rings (SSSR count). The Morgan fingerprint density at radius 1 is 1.08 bits per heavy atom. The summed E-state index contributed by atoms with van der Waals surface area (Å²) in [5.74, 6) is -4.25. The van der Waals surface area contributed by atoms with Crippen LogP contribution < -0.4 is 4.90 Å². The third-order valence-corrected chi connectivity index (χ3v) is 3.45. The van der Waals surface area contributed by atoms with E-state index in [1.165, 1.54) is 24.4 Å². The number of carbonyl (C=O) groups excluding carboxylic acids is 2. The van der Waals surface area contributed by atoms with Crippen molar-refractivity contribution >= 4 is 29.2 Å². The van der Waals surface area contributed by atoms with Gasteiger partial charge < -0.3 is 14.4 Å². The lowest BCUT2D eigenvalue weighted by atomic mass is 10.1. The van der Waals surface area contributed by atoms with E-state index < -0.39 is 29.3 Å². The quantitative estimate of drug-likeness (QED) is 0.616. The highest BCUT2D eigenvalue weighted by Crippen LogP contribution is 2.35. The Bertz CT molecular complexity index is 787. The molecule has 0 amide bonds. The molecule has 0 aliphatic carbocycles. The van der Waals surface area contributed by atoms with Gasteiger partial charge >= 0.3 is 11.9 Å². The van der Waals surface area contributed by atoms with E-state index in [0.29, 0.717) is 0 Å². The highest BCUT2D eigenvalue weighted by atomic mass is 35.5. The number of anilines is 1. The molecule has 1 aromatic rings. The van der Waals surface area contributed by atoms with Gasteiger partial charge in [-0.1, -0.05) is 17.7 Å². The van der Waals surface area contributed by atoms with Gasteiger partial charge in [-0.25, -0.2) is 18.4 Å². The zero-order chi connectivity index (χ0) is 17.9. The molecule has 24 heavy (non-hydrogen) atoms. The summed E-state index contributed by atoms with van der Waals surface area (Å²) >= 11 is 5.97. The first-order valence-corrected chi connectivity index (χ1v) is 6.98. The third-order valence-electron chi connectivity index (χ3n) is 3.15. The Morgan fingerprint density at radius 3 is 2.38 bits per heavy atom. The number of esters is 2. The second kappa shape index (κ2) is 7.27. The molecule has 0 spiro atoms. The molecule has 0 radical (unpaired) electrons. The fourth-order valence-electron chi connectivity index (χ4n) is 2.07. The summed E-state index contributed by atoms with van der Waals surface area (Å²) in [6, 6.07) is 1.98. The molecule has 1 aliphatic rings. The van der Waals surface area contributed by atoms with Crippen LogP contribution in [0.15, 0.2) is 47.8 Å². The number of allylic oxidation sites excluding steroid dienone is 2. The van der Waals surface area contributed by atoms with E-state index in [-0.39, 0.29) is 16.3 Å². The maximum atomic E-state index is 14.3. The van der Waals surface area contributed by atoms with Gasteiger partial charge in [0.05, 0.1) is 24.8 Å². The minimum Gasteiger partial charge on any atom is -0.465 e. The van der Waals surface area contributed by atoms with Gasteiger partial charge in [0, 0.05) is 6.20 Å². The molecule has 8 heteroatoms. The highest BCUT2D eigenvalue weighted by Gasteiger charge is 2.30. The topological polar surface area (TPSA) is 55.8 Å². The molecule has 126 valence electrons. The molecule has 0 fully saturated rings. The smallest absolute Gasteiger partial charge is 0.355 e. The van der Waals surface area contributed by atoms with Crippen molar-refractivity contribution in [1.29, 1.82) is 0 Å². The standard InChI is InChI=1S/C16H12ClF2NO4/c1-23-15(21)9-5-3-4-8-20(13(9)16(22)24-2)14-10(17)6-7-11(18)12(14)19/h3-8H,1-2H3. The number of ether oxygens (including phenoxy) is 2. The molecule has 0 bridgehead atoms. The molecule has 0 saturated heterocycles. The van der Waals surface area contributed by atoms with Gasteiger partial charge in [0.2, 0.25) is 0 Å². The van der Waals surface area contributed by atoms with Crippen molar-refractivity contribution in [2.45, 2.75) is 0 Å². The summed E-state index contributed by atoms with van der Waals surface area (Å²) in [6.45, 7) is 0. The van der Waals surface area contributed by atoms with Gasteiger partial charge in [-0.2, -0.15) is 0 Å². The number of methoxy groups -OCH3 is 2. The first-order chi connectivity index (χ1) is 11.4. The van der Waals surface area contributed by atoms with E-state index in [9.17, 15) is 18.4 Å². The van der Waals surface area contributed by atoms with Gasteiger partial charge in [0.25, 0.3) is 0 Å². The van der Waals surface area contributed by atoms with Crippen molar-refractivity contribution in [1.82, 2.24) is 0 Å². The lowest BCUT2D eigenvalue weighted by Crippen LogP contribution is -2.28. The first-order valence-electron chi connectivity index (χ1n) is 6.60. The lowest BCUT2D eigenvalue weighted by molar-refractivity contribution is -0.139. The van der Waals surface area contributed by atoms with E-state index in [0.717, 1.165) is 31.3 Å². The number of carbonyl (C=O) groups is 2. The van der Waals surface area contributed by atoms with E-state index in [1.807, 2.05) is 0 Å². The number of hydrogen-bond acceptors (Lipinski definition) is 5. The van der Waals surface area contributed by atoms with Crippen LogP contribution in [0.2, 0.25) is 5.02 Å². The zero-order valence-electron chi connectivity index (χ0n) is 12.7. The van der Waals surface area contributed by atoms with Crippen LogP contribution >= 0.6 is 11.6 Å². The molecule has 1 aromatic carbocycles. The molecule has 5 nitrogen and oxygen atoms in total. The largest absolute Gasteiger partial charge is 0.465 e. The number of benzene rings is 1. The van der Waals surface area contributed by atoms with Crippen LogP contribution in [0.1, 0.15) is 0 Å². The Labute approximate surface area is 141 Å². The summed E-state index contributed by atoms with van der Waals surface area (Å²) < 4.78 is 37.2. The Kier molecular flexibility index (Phi) is 5.35. The minimum atomic E-state index is -1.28. The van der Waals surface area contributed by atoms with Crippen LogP contribution in [0.5, 0.6) is 0 Å². The predicted molar refractivity (Wildman–Crippen MR) is 83.2 cm³/mol. The van der Waals surface area contributed by atoms with Gasteiger partial charge in [-0.15, -0.1) is 0 Å². The van der Waals surface area contributed by atoms with Crippen molar-refractivity contribution in [3.05, 3.63) is 64.5 Å². The molecule has 1 aliphatic heterocycles. The fourth-order valence-corrected chi connectivity index (χ4v) is 2.31. The van der Waals surface area contributed by atoms with Crippen molar-refractivity contribution < 1.29 is 27.8 Å². The summed E-state index contributed by atoms with van der Waals surface area (Å²) in [5.41, 5.74) is -0.992. The molecular formula is C16H12ClF2NO4.